The van der Waals surface area contributed by atoms with Crippen LogP contribution < -0.4 is 5.32 Å². The smallest absolute Gasteiger partial charge is 0.316 e. The van der Waals surface area contributed by atoms with Gasteiger partial charge in [-0.2, -0.15) is 13.2 Å². The first-order valence-corrected chi connectivity index (χ1v) is 7.58. The lowest BCUT2D eigenvalue weighted by Gasteiger charge is -2.36. The van der Waals surface area contributed by atoms with Crippen molar-refractivity contribution in [3.63, 3.8) is 0 Å². The summed E-state index contributed by atoms with van der Waals surface area (Å²) in [7, 11) is 0. The molecule has 2 rings (SSSR count). The van der Waals surface area contributed by atoms with Crippen LogP contribution in [0.4, 0.5) is 13.2 Å². The standard InChI is InChI=1S/C16H23F3N2/c1-2-21(12-13-7-6-10-20-11-13)15(16(17,18)19)14-8-4-3-5-9-14/h3-5,8-9,13,15,20H,2,6-7,10-12H2,1H3. The SMILES string of the molecule is CCN(CC1CCCNC1)C(c1ccccc1)C(F)(F)F. The monoisotopic (exact) mass is 300 g/mol. The van der Waals surface area contributed by atoms with E-state index in [9.17, 15) is 13.2 Å². The van der Waals surface area contributed by atoms with Gasteiger partial charge in [0, 0.05) is 6.54 Å². The largest absolute Gasteiger partial charge is 0.408 e. The minimum absolute atomic E-state index is 0.298. The molecule has 1 heterocycles. The quantitative estimate of drug-likeness (QED) is 0.893. The van der Waals surface area contributed by atoms with Crippen molar-refractivity contribution < 1.29 is 13.2 Å². The number of nitrogens with one attached hydrogen (secondary N) is 1. The van der Waals surface area contributed by atoms with Crippen LogP contribution in [-0.4, -0.2) is 37.3 Å². The van der Waals surface area contributed by atoms with Gasteiger partial charge in [0.2, 0.25) is 0 Å². The topological polar surface area (TPSA) is 15.3 Å². The average molecular weight is 300 g/mol. The van der Waals surface area contributed by atoms with E-state index < -0.39 is 12.2 Å². The predicted octanol–water partition coefficient (Wildman–Crippen LogP) is 3.61. The molecule has 0 amide bonds. The van der Waals surface area contributed by atoms with E-state index in [2.05, 4.69) is 5.32 Å². The van der Waals surface area contributed by atoms with Crippen LogP contribution in [0.3, 0.4) is 0 Å². The van der Waals surface area contributed by atoms with Crippen LogP contribution >= 0.6 is 0 Å². The van der Waals surface area contributed by atoms with Crippen molar-refractivity contribution in [3.05, 3.63) is 35.9 Å². The summed E-state index contributed by atoms with van der Waals surface area (Å²) in [5.41, 5.74) is 0.329. The Balaban J connectivity index is 2.17. The second-order valence-electron chi connectivity index (χ2n) is 5.65. The van der Waals surface area contributed by atoms with E-state index in [1.807, 2.05) is 0 Å². The van der Waals surface area contributed by atoms with Gasteiger partial charge in [-0.1, -0.05) is 37.3 Å². The second kappa shape index (κ2) is 7.27. The number of rotatable bonds is 5. The number of benzene rings is 1. The van der Waals surface area contributed by atoms with Crippen molar-refractivity contribution in [2.45, 2.75) is 32.0 Å². The molecule has 0 saturated carbocycles. The van der Waals surface area contributed by atoms with Crippen LogP contribution in [0.25, 0.3) is 0 Å². The van der Waals surface area contributed by atoms with Crippen molar-refractivity contribution in [1.29, 1.82) is 0 Å². The van der Waals surface area contributed by atoms with E-state index in [1.165, 1.54) is 0 Å². The van der Waals surface area contributed by atoms with E-state index in [4.69, 9.17) is 0 Å². The summed E-state index contributed by atoms with van der Waals surface area (Å²) in [6.07, 6.45) is -2.20. The maximum Gasteiger partial charge on any atom is 0.408 e. The Morgan fingerprint density at radius 3 is 2.52 bits per heavy atom. The molecule has 2 unspecified atom stereocenters. The average Bonchev–Trinajstić information content (AvgIpc) is 2.47. The Bertz CT molecular complexity index is 413. The molecular weight excluding hydrogens is 277 g/mol. The van der Waals surface area contributed by atoms with Crippen molar-refractivity contribution >= 4 is 0 Å². The molecular formula is C16H23F3N2. The van der Waals surface area contributed by atoms with Gasteiger partial charge in [0.15, 0.2) is 0 Å². The molecule has 0 aromatic heterocycles. The molecule has 1 aromatic carbocycles. The fourth-order valence-corrected chi connectivity index (χ4v) is 3.07. The molecule has 21 heavy (non-hydrogen) atoms. The zero-order valence-corrected chi connectivity index (χ0v) is 12.4. The van der Waals surface area contributed by atoms with Gasteiger partial charge in [0.25, 0.3) is 0 Å². The van der Waals surface area contributed by atoms with Gasteiger partial charge < -0.3 is 5.32 Å². The number of hydrogen-bond donors (Lipinski definition) is 1. The molecule has 0 radical (unpaired) electrons. The lowest BCUT2D eigenvalue weighted by Crippen LogP contribution is -2.44. The minimum atomic E-state index is -4.25. The third-order valence-electron chi connectivity index (χ3n) is 4.09. The van der Waals surface area contributed by atoms with Crippen LogP contribution in [0.15, 0.2) is 30.3 Å². The van der Waals surface area contributed by atoms with E-state index in [-0.39, 0.29) is 0 Å². The van der Waals surface area contributed by atoms with E-state index in [0.29, 0.717) is 24.6 Å². The lowest BCUT2D eigenvalue weighted by atomic mass is 9.97. The number of halogens is 3. The molecule has 1 saturated heterocycles. The van der Waals surface area contributed by atoms with E-state index >= 15 is 0 Å². The third-order valence-corrected chi connectivity index (χ3v) is 4.09. The second-order valence-corrected chi connectivity index (χ2v) is 5.65. The summed E-state index contributed by atoms with van der Waals surface area (Å²) in [4.78, 5) is 1.56. The van der Waals surface area contributed by atoms with Gasteiger partial charge in [-0.05, 0) is 44.0 Å². The first-order chi connectivity index (χ1) is 10.0. The lowest BCUT2D eigenvalue weighted by molar-refractivity contribution is -0.187. The summed E-state index contributed by atoms with van der Waals surface area (Å²) >= 11 is 0. The zero-order valence-electron chi connectivity index (χ0n) is 12.4. The maximum absolute atomic E-state index is 13.5. The molecule has 1 N–H and O–H groups in total. The number of alkyl halides is 3. The van der Waals surface area contributed by atoms with Gasteiger partial charge >= 0.3 is 6.18 Å². The van der Waals surface area contributed by atoms with Crippen molar-refractivity contribution in [1.82, 2.24) is 10.2 Å². The highest BCUT2D eigenvalue weighted by atomic mass is 19.4. The summed E-state index contributed by atoms with van der Waals surface area (Å²) in [5, 5.41) is 3.27. The molecule has 2 atom stereocenters. The van der Waals surface area contributed by atoms with Gasteiger partial charge in [-0.3, -0.25) is 4.90 Å². The van der Waals surface area contributed by atoms with E-state index in [0.717, 1.165) is 25.9 Å². The zero-order chi connectivity index (χ0) is 15.3. The van der Waals surface area contributed by atoms with E-state index in [1.54, 1.807) is 42.2 Å². The summed E-state index contributed by atoms with van der Waals surface area (Å²) < 4.78 is 40.6. The molecule has 5 heteroatoms. The molecule has 1 fully saturated rings. The number of piperidine rings is 1. The molecule has 1 aliphatic heterocycles. The predicted molar refractivity (Wildman–Crippen MR) is 78.1 cm³/mol. The van der Waals surface area contributed by atoms with Gasteiger partial charge in [0.1, 0.15) is 6.04 Å². The summed E-state index contributed by atoms with van der Waals surface area (Å²) in [5.74, 6) is 0.298. The Labute approximate surface area is 124 Å². The fraction of sp³-hybridized carbons (Fsp3) is 0.625. The van der Waals surface area contributed by atoms with Crippen molar-refractivity contribution in [2.24, 2.45) is 5.92 Å². The van der Waals surface area contributed by atoms with Crippen molar-refractivity contribution in [2.75, 3.05) is 26.2 Å². The van der Waals surface area contributed by atoms with Crippen molar-refractivity contribution in [3.8, 4) is 0 Å². The Kier molecular flexibility index (Phi) is 5.65. The number of hydrogen-bond acceptors (Lipinski definition) is 2. The molecule has 1 aromatic rings. The van der Waals surface area contributed by atoms with Gasteiger partial charge in [-0.25, -0.2) is 0 Å². The highest BCUT2D eigenvalue weighted by Gasteiger charge is 2.44. The Morgan fingerprint density at radius 1 is 1.29 bits per heavy atom. The minimum Gasteiger partial charge on any atom is -0.316 e. The fourth-order valence-electron chi connectivity index (χ4n) is 3.07. The van der Waals surface area contributed by atoms with Crippen LogP contribution in [0.1, 0.15) is 31.4 Å². The normalized spacial score (nSPS) is 21.5. The van der Waals surface area contributed by atoms with Crippen LogP contribution in [0.5, 0.6) is 0 Å². The first-order valence-electron chi connectivity index (χ1n) is 7.58. The molecule has 118 valence electrons. The Morgan fingerprint density at radius 2 is 2.00 bits per heavy atom. The first kappa shape index (κ1) is 16.3. The third kappa shape index (κ3) is 4.45. The van der Waals surface area contributed by atoms with Crippen LogP contribution in [0.2, 0.25) is 0 Å². The molecule has 2 nitrogen and oxygen atoms in total. The molecule has 1 aliphatic rings. The maximum atomic E-state index is 13.5. The van der Waals surface area contributed by atoms with Gasteiger partial charge in [0.05, 0.1) is 0 Å². The highest BCUT2D eigenvalue weighted by Crippen LogP contribution is 2.38. The van der Waals surface area contributed by atoms with Crippen LogP contribution in [-0.2, 0) is 0 Å². The summed E-state index contributed by atoms with van der Waals surface area (Å²) in [6, 6.07) is 6.72. The number of nitrogens with zero attached hydrogens (tertiary/aromatic N) is 1. The highest BCUT2D eigenvalue weighted by molar-refractivity contribution is 5.20. The molecule has 0 bridgehead atoms. The molecule has 0 aliphatic carbocycles. The van der Waals surface area contributed by atoms with Crippen LogP contribution in [0, 0.1) is 5.92 Å². The van der Waals surface area contributed by atoms with Gasteiger partial charge in [-0.15, -0.1) is 0 Å². The summed E-state index contributed by atoms with van der Waals surface area (Å²) in [6.45, 7) is 4.48. The molecule has 0 spiro atoms. The Hall–Kier alpha value is -1.07.